The Hall–Kier alpha value is -1.64. The van der Waals surface area contributed by atoms with E-state index < -0.39 is 0 Å². The lowest BCUT2D eigenvalue weighted by Gasteiger charge is -2.07. The van der Waals surface area contributed by atoms with E-state index in [1.807, 2.05) is 24.4 Å². The molecule has 124 valence electrons. The van der Waals surface area contributed by atoms with Crippen LogP contribution >= 0.6 is 39.0 Å². The highest BCUT2D eigenvalue weighted by molar-refractivity contribution is 9.10. The van der Waals surface area contributed by atoms with E-state index in [2.05, 4.69) is 31.4 Å². The van der Waals surface area contributed by atoms with Crippen LogP contribution in [0.2, 0.25) is 0 Å². The van der Waals surface area contributed by atoms with Crippen molar-refractivity contribution in [3.8, 4) is 0 Å². The molecular weight excluding hydrogens is 410 g/mol. The first-order valence-electron chi connectivity index (χ1n) is 7.13. The number of carbonyl (C=O) groups excluding carboxylic acids is 1. The average Bonchev–Trinajstić information content (AvgIpc) is 3.19. The van der Waals surface area contributed by atoms with Crippen LogP contribution in [0.15, 0.2) is 49.9 Å². The van der Waals surface area contributed by atoms with Crippen LogP contribution in [-0.4, -0.2) is 16.0 Å². The number of nitrogens with zero attached hydrogens (tertiary/aromatic N) is 2. The Bertz CT molecular complexity index is 847. The summed E-state index contributed by atoms with van der Waals surface area (Å²) in [4.78, 5) is 17.9. The summed E-state index contributed by atoms with van der Waals surface area (Å²) in [5.74, 6) is 1.24. The largest absolute Gasteiger partial charge is 0.361 e. The van der Waals surface area contributed by atoms with Gasteiger partial charge in [-0.05, 0) is 41.1 Å². The van der Waals surface area contributed by atoms with Crippen LogP contribution in [0.5, 0.6) is 0 Å². The van der Waals surface area contributed by atoms with Gasteiger partial charge in [0.25, 0.3) is 5.91 Å². The van der Waals surface area contributed by atoms with E-state index in [1.54, 1.807) is 29.7 Å². The van der Waals surface area contributed by atoms with Gasteiger partial charge in [0.05, 0.1) is 17.8 Å². The fourth-order valence-corrected chi connectivity index (χ4v) is 4.28. The highest BCUT2D eigenvalue weighted by Gasteiger charge is 2.14. The summed E-state index contributed by atoms with van der Waals surface area (Å²) >= 11 is 6.48. The summed E-state index contributed by atoms with van der Waals surface area (Å²) in [6, 6.07) is 7.42. The van der Waals surface area contributed by atoms with Crippen LogP contribution in [-0.2, 0) is 12.3 Å². The van der Waals surface area contributed by atoms with Crippen molar-refractivity contribution in [3.05, 3.63) is 62.2 Å². The number of aryl methyl sites for hydroxylation is 1. The Morgan fingerprint density at radius 3 is 3.04 bits per heavy atom. The first-order chi connectivity index (χ1) is 11.6. The number of nitrogens with one attached hydrogen (secondary N) is 1. The summed E-state index contributed by atoms with van der Waals surface area (Å²) in [7, 11) is 0. The molecule has 3 aromatic rings. The maximum absolute atomic E-state index is 12.5. The van der Waals surface area contributed by atoms with E-state index in [4.69, 9.17) is 4.52 Å². The molecule has 5 nitrogen and oxygen atoms in total. The molecule has 0 saturated heterocycles. The van der Waals surface area contributed by atoms with Crippen molar-refractivity contribution in [2.24, 2.45) is 0 Å². The Labute approximate surface area is 156 Å². The van der Waals surface area contributed by atoms with Crippen LogP contribution < -0.4 is 5.32 Å². The molecule has 0 aliphatic carbocycles. The van der Waals surface area contributed by atoms with Crippen molar-refractivity contribution >= 4 is 44.9 Å². The number of thiophene rings is 1. The number of amides is 1. The zero-order valence-corrected chi connectivity index (χ0v) is 16.0. The summed E-state index contributed by atoms with van der Waals surface area (Å²) in [5, 5.41) is 9.57. The molecule has 1 amide bonds. The van der Waals surface area contributed by atoms with Gasteiger partial charge in [-0.1, -0.05) is 16.9 Å². The first kappa shape index (κ1) is 17.2. The molecule has 3 aromatic heterocycles. The lowest BCUT2D eigenvalue weighted by Crippen LogP contribution is -2.23. The smallest absolute Gasteiger partial charge is 0.254 e. The summed E-state index contributed by atoms with van der Waals surface area (Å²) in [6.45, 7) is 2.35. The number of pyridine rings is 1. The standard InChI is InChI=1S/C16H14BrN3O2S2/c1-10-5-12(20-22-10)9-24-16-14(3-2-4-18-16)15(21)19-7-13-6-11(17)8-23-13/h2-6,8H,7,9H2,1H3,(H,19,21). The molecule has 0 aliphatic heterocycles. The fraction of sp³-hybridized carbons (Fsp3) is 0.188. The van der Waals surface area contributed by atoms with Crippen LogP contribution in [0.25, 0.3) is 0 Å². The van der Waals surface area contributed by atoms with Gasteiger partial charge < -0.3 is 9.84 Å². The number of hydrogen-bond donors (Lipinski definition) is 1. The second kappa shape index (κ2) is 7.96. The molecule has 0 spiro atoms. The van der Waals surface area contributed by atoms with Crippen molar-refractivity contribution in [2.45, 2.75) is 24.2 Å². The highest BCUT2D eigenvalue weighted by atomic mass is 79.9. The van der Waals surface area contributed by atoms with Gasteiger partial charge in [-0.25, -0.2) is 4.98 Å². The molecular formula is C16H14BrN3O2S2. The minimum atomic E-state index is -0.133. The molecule has 0 unspecified atom stereocenters. The van der Waals surface area contributed by atoms with E-state index >= 15 is 0 Å². The summed E-state index contributed by atoms with van der Waals surface area (Å²) in [5.41, 5.74) is 1.40. The maximum atomic E-state index is 12.5. The second-order valence-electron chi connectivity index (χ2n) is 4.99. The predicted molar refractivity (Wildman–Crippen MR) is 98.2 cm³/mol. The number of rotatable bonds is 6. The lowest BCUT2D eigenvalue weighted by atomic mass is 10.2. The first-order valence-corrected chi connectivity index (χ1v) is 9.79. The molecule has 3 rings (SSSR count). The van der Waals surface area contributed by atoms with Crippen molar-refractivity contribution in [1.82, 2.24) is 15.5 Å². The molecule has 1 N–H and O–H groups in total. The van der Waals surface area contributed by atoms with E-state index in [-0.39, 0.29) is 5.91 Å². The molecule has 0 aromatic carbocycles. The van der Waals surface area contributed by atoms with Gasteiger partial charge in [0, 0.05) is 32.7 Å². The van der Waals surface area contributed by atoms with Gasteiger partial charge in [0.1, 0.15) is 10.8 Å². The van der Waals surface area contributed by atoms with E-state index in [0.717, 1.165) is 20.8 Å². The van der Waals surface area contributed by atoms with E-state index in [1.165, 1.54) is 11.8 Å². The average molecular weight is 424 g/mol. The number of thioether (sulfide) groups is 1. The van der Waals surface area contributed by atoms with E-state index in [0.29, 0.717) is 22.9 Å². The Morgan fingerprint density at radius 2 is 2.33 bits per heavy atom. The van der Waals surface area contributed by atoms with Crippen LogP contribution in [0.4, 0.5) is 0 Å². The topological polar surface area (TPSA) is 68.0 Å². The maximum Gasteiger partial charge on any atom is 0.254 e. The monoisotopic (exact) mass is 423 g/mol. The number of carbonyl (C=O) groups is 1. The van der Waals surface area contributed by atoms with Gasteiger partial charge in [0.15, 0.2) is 0 Å². The molecule has 8 heteroatoms. The third-order valence-electron chi connectivity index (χ3n) is 3.09. The predicted octanol–water partition coefficient (Wildman–Crippen LogP) is 4.42. The van der Waals surface area contributed by atoms with Crippen LogP contribution in [0.3, 0.4) is 0 Å². The van der Waals surface area contributed by atoms with Crippen LogP contribution in [0, 0.1) is 6.92 Å². The summed E-state index contributed by atoms with van der Waals surface area (Å²) < 4.78 is 6.08. The zero-order valence-electron chi connectivity index (χ0n) is 12.8. The lowest BCUT2D eigenvalue weighted by molar-refractivity contribution is 0.0947. The molecule has 0 atom stereocenters. The van der Waals surface area contributed by atoms with E-state index in [9.17, 15) is 4.79 Å². The van der Waals surface area contributed by atoms with Crippen molar-refractivity contribution in [2.75, 3.05) is 0 Å². The SMILES string of the molecule is Cc1cc(CSc2ncccc2C(=O)NCc2cc(Br)cs2)no1. The zero-order chi connectivity index (χ0) is 16.9. The van der Waals surface area contributed by atoms with Crippen LogP contribution in [0.1, 0.15) is 26.7 Å². The Balaban J connectivity index is 1.65. The second-order valence-corrected chi connectivity index (χ2v) is 7.86. The molecule has 0 bridgehead atoms. The third kappa shape index (κ3) is 4.46. The Kier molecular flexibility index (Phi) is 5.70. The Morgan fingerprint density at radius 1 is 1.46 bits per heavy atom. The van der Waals surface area contributed by atoms with Gasteiger partial charge in [-0.3, -0.25) is 4.79 Å². The molecule has 3 heterocycles. The van der Waals surface area contributed by atoms with Gasteiger partial charge in [-0.15, -0.1) is 11.3 Å². The minimum absolute atomic E-state index is 0.133. The third-order valence-corrected chi connectivity index (χ3v) is 5.83. The molecule has 0 radical (unpaired) electrons. The summed E-state index contributed by atoms with van der Waals surface area (Å²) in [6.07, 6.45) is 1.68. The quantitative estimate of drug-likeness (QED) is 0.594. The molecule has 0 fully saturated rings. The highest BCUT2D eigenvalue weighted by Crippen LogP contribution is 2.24. The number of halogens is 1. The van der Waals surface area contributed by atoms with Crippen molar-refractivity contribution in [3.63, 3.8) is 0 Å². The van der Waals surface area contributed by atoms with Crippen molar-refractivity contribution in [1.29, 1.82) is 0 Å². The number of aromatic nitrogens is 2. The molecule has 0 aliphatic rings. The normalized spacial score (nSPS) is 10.8. The van der Waals surface area contributed by atoms with Gasteiger partial charge >= 0.3 is 0 Å². The molecule has 0 saturated carbocycles. The number of hydrogen-bond acceptors (Lipinski definition) is 6. The fourth-order valence-electron chi connectivity index (χ4n) is 2.02. The molecule has 24 heavy (non-hydrogen) atoms. The van der Waals surface area contributed by atoms with Crippen molar-refractivity contribution < 1.29 is 9.32 Å². The van der Waals surface area contributed by atoms with Gasteiger partial charge in [-0.2, -0.15) is 0 Å². The van der Waals surface area contributed by atoms with Gasteiger partial charge in [0.2, 0.25) is 0 Å². The minimum Gasteiger partial charge on any atom is -0.361 e.